The summed E-state index contributed by atoms with van der Waals surface area (Å²) in [6.45, 7) is 7.09. The molecule has 0 amide bonds. The summed E-state index contributed by atoms with van der Waals surface area (Å²) >= 11 is 12.2. The van der Waals surface area contributed by atoms with Crippen molar-refractivity contribution in [3.8, 4) is 0 Å². The van der Waals surface area contributed by atoms with Crippen LogP contribution in [0, 0.1) is 5.92 Å². The Kier molecular flexibility index (Phi) is 7.16. The quantitative estimate of drug-likeness (QED) is 0.815. The van der Waals surface area contributed by atoms with Crippen molar-refractivity contribution in [2.75, 3.05) is 13.7 Å². The molecule has 1 rings (SSSR count). The first-order valence-corrected chi connectivity index (χ1v) is 7.48. The summed E-state index contributed by atoms with van der Waals surface area (Å²) in [6, 6.07) is 5.88. The summed E-state index contributed by atoms with van der Waals surface area (Å²) in [5.74, 6) is 0.448. The maximum atomic E-state index is 6.24. The molecular weight excluding hydrogens is 281 g/mol. The molecule has 0 aliphatic rings. The van der Waals surface area contributed by atoms with Gasteiger partial charge in [0.1, 0.15) is 0 Å². The van der Waals surface area contributed by atoms with Crippen molar-refractivity contribution in [2.45, 2.75) is 39.3 Å². The van der Waals surface area contributed by atoms with Gasteiger partial charge < -0.3 is 10.1 Å². The second-order valence-electron chi connectivity index (χ2n) is 5.00. The van der Waals surface area contributed by atoms with E-state index in [1.54, 1.807) is 6.07 Å². The molecule has 0 fully saturated rings. The van der Waals surface area contributed by atoms with Crippen molar-refractivity contribution in [3.63, 3.8) is 0 Å². The minimum Gasteiger partial charge on any atom is -0.377 e. The standard InChI is InChI=1S/C15H23Cl2NO/c1-5-19-15(10(2)3)14(18-4)8-11-6-7-12(16)9-13(11)17/h6-7,9-10,14-15,18H,5,8H2,1-4H3. The average molecular weight is 304 g/mol. The predicted molar refractivity (Wildman–Crippen MR) is 83.3 cm³/mol. The van der Waals surface area contributed by atoms with E-state index in [2.05, 4.69) is 19.2 Å². The number of benzene rings is 1. The number of halogens is 2. The molecule has 0 aromatic heterocycles. The first-order chi connectivity index (χ1) is 8.99. The third-order valence-electron chi connectivity index (χ3n) is 3.24. The van der Waals surface area contributed by atoms with Crippen molar-refractivity contribution in [1.29, 1.82) is 0 Å². The molecular formula is C15H23Cl2NO. The molecule has 2 nitrogen and oxygen atoms in total. The fourth-order valence-electron chi connectivity index (χ4n) is 2.27. The van der Waals surface area contributed by atoms with E-state index in [4.69, 9.17) is 27.9 Å². The second kappa shape index (κ2) is 8.11. The number of ether oxygens (including phenoxy) is 1. The van der Waals surface area contributed by atoms with E-state index in [1.165, 1.54) is 0 Å². The van der Waals surface area contributed by atoms with Gasteiger partial charge in [-0.2, -0.15) is 0 Å². The van der Waals surface area contributed by atoms with Crippen LogP contribution in [0.2, 0.25) is 10.0 Å². The highest BCUT2D eigenvalue weighted by Gasteiger charge is 2.24. The molecule has 2 unspecified atom stereocenters. The van der Waals surface area contributed by atoms with Crippen LogP contribution in [0.15, 0.2) is 18.2 Å². The van der Waals surface area contributed by atoms with Gasteiger partial charge in [-0.3, -0.25) is 0 Å². The lowest BCUT2D eigenvalue weighted by Gasteiger charge is -2.30. The molecule has 2 atom stereocenters. The van der Waals surface area contributed by atoms with Crippen LogP contribution in [0.4, 0.5) is 0 Å². The maximum absolute atomic E-state index is 6.24. The Morgan fingerprint density at radius 2 is 1.95 bits per heavy atom. The monoisotopic (exact) mass is 303 g/mol. The molecule has 0 saturated heterocycles. The molecule has 0 aliphatic carbocycles. The second-order valence-corrected chi connectivity index (χ2v) is 5.84. The predicted octanol–water partition coefficient (Wildman–Crippen LogP) is 4.19. The number of likely N-dealkylation sites (N-methyl/N-ethyl adjacent to an activating group) is 1. The minimum atomic E-state index is 0.168. The summed E-state index contributed by atoms with van der Waals surface area (Å²) in [4.78, 5) is 0. The Morgan fingerprint density at radius 3 is 2.42 bits per heavy atom. The molecule has 1 aromatic carbocycles. The lowest BCUT2D eigenvalue weighted by molar-refractivity contribution is 0.00536. The van der Waals surface area contributed by atoms with Crippen LogP contribution in [-0.2, 0) is 11.2 Å². The summed E-state index contributed by atoms with van der Waals surface area (Å²) < 4.78 is 5.86. The molecule has 0 radical (unpaired) electrons. The highest BCUT2D eigenvalue weighted by atomic mass is 35.5. The lowest BCUT2D eigenvalue weighted by atomic mass is 9.94. The lowest BCUT2D eigenvalue weighted by Crippen LogP contribution is -2.44. The van der Waals surface area contributed by atoms with Crippen LogP contribution in [0.25, 0.3) is 0 Å². The highest BCUT2D eigenvalue weighted by Crippen LogP contribution is 2.24. The normalized spacial score (nSPS) is 14.7. The van der Waals surface area contributed by atoms with E-state index in [-0.39, 0.29) is 12.1 Å². The molecule has 0 aliphatic heterocycles. The molecule has 19 heavy (non-hydrogen) atoms. The number of nitrogens with one attached hydrogen (secondary N) is 1. The van der Waals surface area contributed by atoms with Gasteiger partial charge in [0, 0.05) is 22.7 Å². The van der Waals surface area contributed by atoms with Crippen molar-refractivity contribution in [3.05, 3.63) is 33.8 Å². The maximum Gasteiger partial charge on any atom is 0.0753 e. The number of rotatable bonds is 7. The third kappa shape index (κ3) is 4.96. The average Bonchev–Trinajstić information content (AvgIpc) is 2.35. The molecule has 1 N–H and O–H groups in total. The van der Waals surface area contributed by atoms with E-state index >= 15 is 0 Å². The molecule has 4 heteroatoms. The van der Waals surface area contributed by atoms with Gasteiger partial charge >= 0.3 is 0 Å². The fourth-order valence-corrected chi connectivity index (χ4v) is 2.76. The van der Waals surface area contributed by atoms with Gasteiger partial charge in [-0.1, -0.05) is 43.1 Å². The molecule has 0 bridgehead atoms. The SMILES string of the molecule is CCOC(C(C)C)C(Cc1ccc(Cl)cc1Cl)NC. The van der Waals surface area contributed by atoms with Crippen molar-refractivity contribution in [2.24, 2.45) is 5.92 Å². The van der Waals surface area contributed by atoms with Gasteiger partial charge in [0.05, 0.1) is 6.10 Å². The molecule has 108 valence electrons. The molecule has 0 spiro atoms. The first-order valence-electron chi connectivity index (χ1n) is 6.72. The summed E-state index contributed by atoms with van der Waals surface area (Å²) in [7, 11) is 1.96. The number of hydrogen-bond acceptors (Lipinski definition) is 2. The Bertz CT molecular complexity index is 396. The van der Waals surface area contributed by atoms with Gasteiger partial charge in [-0.05, 0) is 44.0 Å². The van der Waals surface area contributed by atoms with Crippen molar-refractivity contribution < 1.29 is 4.74 Å². The molecule has 0 saturated carbocycles. The smallest absolute Gasteiger partial charge is 0.0753 e. The van der Waals surface area contributed by atoms with Crippen molar-refractivity contribution in [1.82, 2.24) is 5.32 Å². The summed E-state index contributed by atoms with van der Waals surface area (Å²) in [5.41, 5.74) is 1.09. The van der Waals surface area contributed by atoms with E-state index in [0.717, 1.165) is 18.6 Å². The Hall–Kier alpha value is -0.280. The van der Waals surface area contributed by atoms with Crippen LogP contribution in [0.5, 0.6) is 0 Å². The molecule has 1 aromatic rings. The van der Waals surface area contributed by atoms with Crippen LogP contribution < -0.4 is 5.32 Å². The van der Waals surface area contributed by atoms with Crippen molar-refractivity contribution >= 4 is 23.2 Å². The van der Waals surface area contributed by atoms with Crippen LogP contribution in [-0.4, -0.2) is 25.8 Å². The highest BCUT2D eigenvalue weighted by molar-refractivity contribution is 6.35. The largest absolute Gasteiger partial charge is 0.377 e. The number of hydrogen-bond donors (Lipinski definition) is 1. The Balaban J connectivity index is 2.85. The Labute approximate surface area is 126 Å². The fraction of sp³-hybridized carbons (Fsp3) is 0.600. The van der Waals surface area contributed by atoms with Crippen LogP contribution in [0.1, 0.15) is 26.3 Å². The van der Waals surface area contributed by atoms with Gasteiger partial charge in [0.15, 0.2) is 0 Å². The van der Waals surface area contributed by atoms with Gasteiger partial charge in [0.25, 0.3) is 0 Å². The first kappa shape index (κ1) is 16.8. The van der Waals surface area contributed by atoms with E-state index in [1.807, 2.05) is 26.1 Å². The van der Waals surface area contributed by atoms with E-state index in [9.17, 15) is 0 Å². The van der Waals surface area contributed by atoms with Crippen LogP contribution in [0.3, 0.4) is 0 Å². The minimum absolute atomic E-state index is 0.168. The Morgan fingerprint density at radius 1 is 1.26 bits per heavy atom. The third-order valence-corrected chi connectivity index (χ3v) is 3.83. The zero-order valence-electron chi connectivity index (χ0n) is 12.0. The van der Waals surface area contributed by atoms with Gasteiger partial charge in [-0.15, -0.1) is 0 Å². The summed E-state index contributed by atoms with van der Waals surface area (Å²) in [6.07, 6.45) is 0.997. The zero-order chi connectivity index (χ0) is 14.4. The van der Waals surface area contributed by atoms with Crippen LogP contribution >= 0.6 is 23.2 Å². The van der Waals surface area contributed by atoms with E-state index < -0.39 is 0 Å². The zero-order valence-corrected chi connectivity index (χ0v) is 13.6. The van der Waals surface area contributed by atoms with E-state index in [0.29, 0.717) is 16.0 Å². The topological polar surface area (TPSA) is 21.3 Å². The molecule has 0 heterocycles. The van der Waals surface area contributed by atoms with Gasteiger partial charge in [0.2, 0.25) is 0 Å². The van der Waals surface area contributed by atoms with Gasteiger partial charge in [-0.25, -0.2) is 0 Å². The summed E-state index contributed by atoms with van der Waals surface area (Å²) in [5, 5.41) is 4.72.